The summed E-state index contributed by atoms with van der Waals surface area (Å²) in [5.74, 6) is -0.373. The first-order valence-electron chi connectivity index (χ1n) is 8.79. The molecular formula is C18H19N5O4. The number of amidine groups is 2. The van der Waals surface area contributed by atoms with Crippen molar-refractivity contribution in [1.82, 2.24) is 0 Å². The number of aliphatic imine (C=N–C) groups is 2. The average Bonchev–Trinajstić information content (AvgIpc) is 3.15. The first-order chi connectivity index (χ1) is 13.1. The number of hydrogen-bond donors (Lipinski definition) is 0. The average molecular weight is 369 g/mol. The normalized spacial score (nSPS) is 15.0. The Morgan fingerprint density at radius 2 is 1.93 bits per heavy atom. The van der Waals surface area contributed by atoms with E-state index in [0.29, 0.717) is 30.1 Å². The number of esters is 1. The summed E-state index contributed by atoms with van der Waals surface area (Å²) in [5, 5.41) is 10.8. The summed E-state index contributed by atoms with van der Waals surface area (Å²) >= 11 is 0. The van der Waals surface area contributed by atoms with Crippen LogP contribution in [0.25, 0.3) is 0 Å². The van der Waals surface area contributed by atoms with Gasteiger partial charge in [0.2, 0.25) is 11.5 Å². The molecule has 0 radical (unpaired) electrons. The van der Waals surface area contributed by atoms with E-state index in [1.54, 1.807) is 18.2 Å². The fraction of sp³-hybridized carbons (Fsp3) is 0.389. The van der Waals surface area contributed by atoms with E-state index >= 15 is 0 Å². The number of benzene rings is 1. The fourth-order valence-corrected chi connectivity index (χ4v) is 2.37. The number of hydrogen-bond acceptors (Lipinski definition) is 8. The Bertz CT molecular complexity index is 886. The highest BCUT2D eigenvalue weighted by molar-refractivity contribution is 6.69. The van der Waals surface area contributed by atoms with Crippen molar-refractivity contribution in [3.05, 3.63) is 29.3 Å². The Morgan fingerprint density at radius 3 is 2.70 bits per heavy atom. The maximum absolute atomic E-state index is 12.3. The van der Waals surface area contributed by atoms with Crippen LogP contribution in [0.4, 0.5) is 0 Å². The predicted molar refractivity (Wildman–Crippen MR) is 98.7 cm³/mol. The molecule has 2 heterocycles. The van der Waals surface area contributed by atoms with Crippen LogP contribution < -0.4 is 4.74 Å². The van der Waals surface area contributed by atoms with E-state index in [4.69, 9.17) is 9.47 Å². The number of fused-ring (bicyclic) bond motifs is 1. The maximum Gasteiger partial charge on any atom is 0.338 e. The van der Waals surface area contributed by atoms with Crippen molar-refractivity contribution in [3.63, 3.8) is 0 Å². The molecule has 9 heteroatoms. The van der Waals surface area contributed by atoms with E-state index in [1.807, 2.05) is 13.8 Å². The van der Waals surface area contributed by atoms with Crippen LogP contribution >= 0.6 is 0 Å². The molecule has 0 N–H and O–H groups in total. The number of nitrogens with zero attached hydrogens (tertiary/aromatic N) is 5. The first-order valence-corrected chi connectivity index (χ1v) is 8.79. The largest absolute Gasteiger partial charge is 0.493 e. The second-order valence-electron chi connectivity index (χ2n) is 5.86. The highest BCUT2D eigenvalue weighted by atomic mass is 16.5. The number of ether oxygens (including phenoxy) is 2. The predicted octanol–water partition coefficient (Wildman–Crippen LogP) is 2.94. The quantitative estimate of drug-likeness (QED) is 0.517. The number of carbonyl (C=O) groups is 2. The van der Waals surface area contributed by atoms with Gasteiger partial charge in [0.05, 0.1) is 24.3 Å². The highest BCUT2D eigenvalue weighted by Crippen LogP contribution is 2.25. The number of rotatable bonds is 8. The van der Waals surface area contributed by atoms with Gasteiger partial charge in [-0.2, -0.15) is 4.99 Å². The Kier molecular flexibility index (Phi) is 5.80. The van der Waals surface area contributed by atoms with Gasteiger partial charge in [-0.3, -0.25) is 4.79 Å². The monoisotopic (exact) mass is 369 g/mol. The molecule has 9 nitrogen and oxygen atoms in total. The van der Waals surface area contributed by atoms with Gasteiger partial charge in [0.15, 0.2) is 5.84 Å². The first kappa shape index (κ1) is 18.6. The minimum Gasteiger partial charge on any atom is -0.493 e. The van der Waals surface area contributed by atoms with Crippen LogP contribution in [-0.2, 0) is 9.53 Å². The Hall–Kier alpha value is -3.23. The molecule has 0 aliphatic carbocycles. The van der Waals surface area contributed by atoms with Crippen LogP contribution in [0.15, 0.2) is 43.6 Å². The SMILES string of the molecule is CCCCOC(=O)c1ccc(OCCC)c(C2=NC(=O)C3=NN=NC3=N2)c1. The van der Waals surface area contributed by atoms with Crippen molar-refractivity contribution in [2.75, 3.05) is 13.2 Å². The summed E-state index contributed by atoms with van der Waals surface area (Å²) in [6, 6.07) is 4.82. The molecule has 27 heavy (non-hydrogen) atoms. The topological polar surface area (TPSA) is 114 Å². The van der Waals surface area contributed by atoms with Crippen LogP contribution in [0, 0.1) is 0 Å². The van der Waals surface area contributed by atoms with Crippen LogP contribution in [0.2, 0.25) is 0 Å². The molecule has 0 fully saturated rings. The van der Waals surface area contributed by atoms with E-state index in [0.717, 1.165) is 19.3 Å². The van der Waals surface area contributed by atoms with Crippen LogP contribution in [0.5, 0.6) is 5.75 Å². The number of carbonyl (C=O) groups excluding carboxylic acids is 2. The molecule has 1 aromatic carbocycles. The summed E-state index contributed by atoms with van der Waals surface area (Å²) < 4.78 is 11.0. The lowest BCUT2D eigenvalue weighted by Gasteiger charge is -2.14. The minimum absolute atomic E-state index is 0.00454. The van der Waals surface area contributed by atoms with Gasteiger partial charge in [-0.1, -0.05) is 20.3 Å². The van der Waals surface area contributed by atoms with Crippen molar-refractivity contribution in [2.24, 2.45) is 25.4 Å². The third kappa shape index (κ3) is 4.13. The van der Waals surface area contributed by atoms with Crippen molar-refractivity contribution in [2.45, 2.75) is 33.1 Å². The standard InChI is InChI=1S/C18H19N5O4/c1-3-5-9-27-18(25)11-6-7-13(26-8-4-2)12(10-11)15-19-16-14(17(24)20-15)21-23-22-16/h6-7,10H,3-5,8-9H2,1-2H3. The highest BCUT2D eigenvalue weighted by Gasteiger charge is 2.29. The molecule has 3 rings (SSSR count). The minimum atomic E-state index is -0.586. The Balaban J connectivity index is 1.94. The third-order valence-corrected chi connectivity index (χ3v) is 3.77. The van der Waals surface area contributed by atoms with Crippen LogP contribution in [-0.4, -0.2) is 42.5 Å². The molecule has 0 spiro atoms. The zero-order chi connectivity index (χ0) is 19.2. The molecule has 0 bridgehead atoms. The molecule has 0 unspecified atom stereocenters. The van der Waals surface area contributed by atoms with Gasteiger partial charge in [0.1, 0.15) is 5.75 Å². The molecule has 2 aliphatic heterocycles. The smallest absolute Gasteiger partial charge is 0.338 e. The van der Waals surface area contributed by atoms with Crippen molar-refractivity contribution >= 4 is 29.3 Å². The summed E-state index contributed by atoms with van der Waals surface area (Å²) in [6.45, 7) is 4.81. The third-order valence-electron chi connectivity index (χ3n) is 3.77. The number of unbranched alkanes of at least 4 members (excludes halogenated alkanes) is 1. The van der Waals surface area contributed by atoms with E-state index in [2.05, 4.69) is 25.4 Å². The second-order valence-corrected chi connectivity index (χ2v) is 5.86. The molecule has 1 amide bonds. The lowest BCUT2D eigenvalue weighted by Crippen LogP contribution is -2.26. The van der Waals surface area contributed by atoms with Crippen molar-refractivity contribution in [3.8, 4) is 5.75 Å². The van der Waals surface area contributed by atoms with Gasteiger partial charge >= 0.3 is 11.9 Å². The molecule has 1 aromatic rings. The van der Waals surface area contributed by atoms with E-state index < -0.39 is 11.9 Å². The molecule has 0 saturated heterocycles. The van der Waals surface area contributed by atoms with Crippen molar-refractivity contribution < 1.29 is 19.1 Å². The van der Waals surface area contributed by atoms with Crippen LogP contribution in [0.3, 0.4) is 0 Å². The molecule has 0 saturated carbocycles. The van der Waals surface area contributed by atoms with Gasteiger partial charge in [-0.15, -0.1) is 10.2 Å². The number of amides is 1. The van der Waals surface area contributed by atoms with Gasteiger partial charge in [0.25, 0.3) is 0 Å². The van der Waals surface area contributed by atoms with Gasteiger partial charge in [-0.05, 0) is 36.3 Å². The lowest BCUT2D eigenvalue weighted by atomic mass is 10.1. The van der Waals surface area contributed by atoms with E-state index in [1.165, 1.54) is 0 Å². The van der Waals surface area contributed by atoms with Crippen LogP contribution in [0.1, 0.15) is 49.0 Å². The van der Waals surface area contributed by atoms with Gasteiger partial charge < -0.3 is 9.47 Å². The Morgan fingerprint density at radius 1 is 1.07 bits per heavy atom. The molecule has 0 atom stereocenters. The molecule has 140 valence electrons. The van der Waals surface area contributed by atoms with Gasteiger partial charge in [-0.25, -0.2) is 9.79 Å². The van der Waals surface area contributed by atoms with E-state index in [-0.39, 0.29) is 17.4 Å². The summed E-state index contributed by atoms with van der Waals surface area (Å²) in [7, 11) is 0. The van der Waals surface area contributed by atoms with Gasteiger partial charge in [0, 0.05) is 0 Å². The summed E-state index contributed by atoms with van der Waals surface area (Å²) in [5.41, 5.74) is 0.744. The zero-order valence-electron chi connectivity index (χ0n) is 15.1. The fourth-order valence-electron chi connectivity index (χ4n) is 2.37. The van der Waals surface area contributed by atoms with Crippen molar-refractivity contribution in [1.29, 1.82) is 0 Å². The molecular weight excluding hydrogens is 350 g/mol. The second kappa shape index (κ2) is 8.43. The molecule has 0 aromatic heterocycles. The summed E-state index contributed by atoms with van der Waals surface area (Å²) in [6.07, 6.45) is 2.51. The summed E-state index contributed by atoms with van der Waals surface area (Å²) in [4.78, 5) is 32.6. The maximum atomic E-state index is 12.3. The lowest BCUT2D eigenvalue weighted by molar-refractivity contribution is -0.111. The Labute approximate surface area is 155 Å². The zero-order valence-corrected chi connectivity index (χ0v) is 15.1. The molecule has 2 aliphatic rings. The van der Waals surface area contributed by atoms with E-state index in [9.17, 15) is 9.59 Å².